The molecular weight excluding hydrogens is 276 g/mol. The number of rotatable bonds is 5. The lowest BCUT2D eigenvalue weighted by atomic mass is 10.1. The molecule has 2 aromatic heterocycles. The summed E-state index contributed by atoms with van der Waals surface area (Å²) in [5.41, 5.74) is 1.11. The number of aryl methyl sites for hydroxylation is 1. The zero-order chi connectivity index (χ0) is 14.5. The maximum Gasteiger partial charge on any atom is 0.305 e. The molecule has 0 radical (unpaired) electrons. The molecule has 0 saturated heterocycles. The van der Waals surface area contributed by atoms with Crippen molar-refractivity contribution >= 4 is 23.2 Å². The van der Waals surface area contributed by atoms with E-state index in [4.69, 9.17) is 5.11 Å². The fourth-order valence-corrected chi connectivity index (χ4v) is 2.54. The van der Waals surface area contributed by atoms with Gasteiger partial charge in [-0.25, -0.2) is 0 Å². The monoisotopic (exact) mass is 290 g/mol. The first kappa shape index (κ1) is 14.2. The molecule has 0 bridgehead atoms. The predicted octanol–water partition coefficient (Wildman–Crippen LogP) is 2.40. The molecule has 2 rings (SSSR count). The van der Waals surface area contributed by atoms with Gasteiger partial charge in [-0.05, 0) is 30.5 Å². The van der Waals surface area contributed by atoms with Crippen LogP contribution >= 0.6 is 11.3 Å². The molecule has 20 heavy (non-hydrogen) atoms. The van der Waals surface area contributed by atoms with Gasteiger partial charge in [0.25, 0.3) is 5.91 Å². The Labute approximate surface area is 120 Å². The molecular formula is C14H14N2O3S. The smallest absolute Gasteiger partial charge is 0.305 e. The number of nitrogens with one attached hydrogen (secondary N) is 1. The van der Waals surface area contributed by atoms with Crippen LogP contribution < -0.4 is 5.32 Å². The Kier molecular flexibility index (Phi) is 4.47. The lowest BCUT2D eigenvalue weighted by Gasteiger charge is -2.16. The van der Waals surface area contributed by atoms with Gasteiger partial charge in [0.15, 0.2) is 0 Å². The van der Waals surface area contributed by atoms with E-state index >= 15 is 0 Å². The number of amides is 1. The van der Waals surface area contributed by atoms with Crippen molar-refractivity contribution in [1.29, 1.82) is 0 Å². The van der Waals surface area contributed by atoms with Crippen LogP contribution in [0.4, 0.5) is 0 Å². The van der Waals surface area contributed by atoms with E-state index in [0.29, 0.717) is 11.3 Å². The number of carbonyl (C=O) groups is 2. The van der Waals surface area contributed by atoms with Crippen LogP contribution in [0.3, 0.4) is 0 Å². The SMILES string of the molecule is Cc1sccc1C(=O)NC(CC(=O)O)c1ccccn1. The van der Waals surface area contributed by atoms with Crippen molar-refractivity contribution in [3.8, 4) is 0 Å². The second kappa shape index (κ2) is 6.29. The van der Waals surface area contributed by atoms with Gasteiger partial charge in [-0.15, -0.1) is 11.3 Å². The van der Waals surface area contributed by atoms with Crippen LogP contribution in [0.2, 0.25) is 0 Å². The Morgan fingerprint density at radius 1 is 1.40 bits per heavy atom. The van der Waals surface area contributed by atoms with E-state index in [0.717, 1.165) is 4.88 Å². The van der Waals surface area contributed by atoms with Crippen LogP contribution in [0, 0.1) is 6.92 Å². The zero-order valence-electron chi connectivity index (χ0n) is 10.9. The molecule has 1 unspecified atom stereocenters. The Morgan fingerprint density at radius 2 is 2.20 bits per heavy atom. The Morgan fingerprint density at radius 3 is 2.75 bits per heavy atom. The number of carboxylic acid groups (broad SMARTS) is 1. The van der Waals surface area contributed by atoms with E-state index in [2.05, 4.69) is 10.3 Å². The minimum atomic E-state index is -0.983. The highest BCUT2D eigenvalue weighted by molar-refractivity contribution is 7.10. The summed E-state index contributed by atoms with van der Waals surface area (Å²) in [5, 5.41) is 13.5. The van der Waals surface area contributed by atoms with E-state index in [1.165, 1.54) is 11.3 Å². The molecule has 0 aromatic carbocycles. The standard InChI is InChI=1S/C14H14N2O3S/c1-9-10(5-7-20-9)14(19)16-12(8-13(17)18)11-4-2-3-6-15-11/h2-7,12H,8H2,1H3,(H,16,19)(H,17,18). The van der Waals surface area contributed by atoms with Gasteiger partial charge in [0, 0.05) is 11.1 Å². The summed E-state index contributed by atoms with van der Waals surface area (Å²) in [6.45, 7) is 1.85. The van der Waals surface area contributed by atoms with Crippen molar-refractivity contribution in [2.75, 3.05) is 0 Å². The number of hydrogen-bond donors (Lipinski definition) is 2. The molecule has 6 heteroatoms. The summed E-state index contributed by atoms with van der Waals surface area (Å²) in [7, 11) is 0. The number of aromatic nitrogens is 1. The van der Waals surface area contributed by atoms with Crippen LogP contribution in [-0.2, 0) is 4.79 Å². The topological polar surface area (TPSA) is 79.3 Å². The highest BCUT2D eigenvalue weighted by Crippen LogP contribution is 2.18. The molecule has 2 aromatic rings. The van der Waals surface area contributed by atoms with Crippen LogP contribution in [0.1, 0.15) is 33.4 Å². The molecule has 2 heterocycles. The maximum absolute atomic E-state index is 12.2. The van der Waals surface area contributed by atoms with E-state index in [-0.39, 0.29) is 12.3 Å². The maximum atomic E-state index is 12.2. The predicted molar refractivity (Wildman–Crippen MR) is 75.8 cm³/mol. The number of hydrogen-bond acceptors (Lipinski definition) is 4. The lowest BCUT2D eigenvalue weighted by molar-refractivity contribution is -0.137. The van der Waals surface area contributed by atoms with Gasteiger partial charge >= 0.3 is 5.97 Å². The molecule has 2 N–H and O–H groups in total. The first-order valence-electron chi connectivity index (χ1n) is 6.05. The normalized spacial score (nSPS) is 11.8. The molecule has 0 saturated carbocycles. The summed E-state index contributed by atoms with van der Waals surface area (Å²) < 4.78 is 0. The first-order valence-corrected chi connectivity index (χ1v) is 6.93. The molecule has 0 fully saturated rings. The molecule has 0 aliphatic carbocycles. The number of thiophene rings is 1. The minimum Gasteiger partial charge on any atom is -0.481 e. The number of carboxylic acids is 1. The molecule has 5 nitrogen and oxygen atoms in total. The highest BCUT2D eigenvalue weighted by Gasteiger charge is 2.20. The Hall–Kier alpha value is -2.21. The van der Waals surface area contributed by atoms with Crippen LogP contribution in [-0.4, -0.2) is 22.0 Å². The second-order valence-corrected chi connectivity index (χ2v) is 5.39. The number of nitrogens with zero attached hydrogens (tertiary/aromatic N) is 1. The average Bonchev–Trinajstić information content (AvgIpc) is 2.85. The van der Waals surface area contributed by atoms with E-state index in [1.807, 2.05) is 12.3 Å². The zero-order valence-corrected chi connectivity index (χ0v) is 11.7. The molecule has 104 valence electrons. The third-order valence-electron chi connectivity index (χ3n) is 2.83. The highest BCUT2D eigenvalue weighted by atomic mass is 32.1. The second-order valence-electron chi connectivity index (χ2n) is 4.27. The van der Waals surface area contributed by atoms with Gasteiger partial charge in [-0.2, -0.15) is 0 Å². The fraction of sp³-hybridized carbons (Fsp3) is 0.214. The van der Waals surface area contributed by atoms with Crippen molar-refractivity contribution in [2.24, 2.45) is 0 Å². The number of carbonyl (C=O) groups excluding carboxylic acids is 1. The number of pyridine rings is 1. The molecule has 1 amide bonds. The van der Waals surface area contributed by atoms with Gasteiger partial charge in [0.1, 0.15) is 0 Å². The summed E-state index contributed by atoms with van der Waals surface area (Å²) in [6, 6.07) is 6.30. The van der Waals surface area contributed by atoms with Crippen molar-refractivity contribution in [3.63, 3.8) is 0 Å². The Bertz CT molecular complexity index is 610. The van der Waals surface area contributed by atoms with E-state index in [1.54, 1.807) is 30.5 Å². The lowest BCUT2D eigenvalue weighted by Crippen LogP contribution is -2.30. The molecule has 0 spiro atoms. The quantitative estimate of drug-likeness (QED) is 0.886. The summed E-state index contributed by atoms with van der Waals surface area (Å²) >= 11 is 1.48. The van der Waals surface area contributed by atoms with Crippen LogP contribution in [0.5, 0.6) is 0 Å². The minimum absolute atomic E-state index is 0.202. The van der Waals surface area contributed by atoms with Gasteiger partial charge in [-0.3, -0.25) is 14.6 Å². The summed E-state index contributed by atoms with van der Waals surface area (Å²) in [6.07, 6.45) is 1.37. The van der Waals surface area contributed by atoms with Gasteiger partial charge in [0.2, 0.25) is 0 Å². The molecule has 1 atom stereocenters. The largest absolute Gasteiger partial charge is 0.481 e. The van der Waals surface area contributed by atoms with Crippen LogP contribution in [0.15, 0.2) is 35.8 Å². The third kappa shape index (κ3) is 3.42. The fourth-order valence-electron chi connectivity index (χ4n) is 1.84. The van der Waals surface area contributed by atoms with Gasteiger partial charge in [-0.1, -0.05) is 6.07 Å². The van der Waals surface area contributed by atoms with Crippen molar-refractivity contribution in [1.82, 2.24) is 10.3 Å². The van der Waals surface area contributed by atoms with Crippen LogP contribution in [0.25, 0.3) is 0 Å². The van der Waals surface area contributed by atoms with Crippen molar-refractivity contribution in [2.45, 2.75) is 19.4 Å². The third-order valence-corrected chi connectivity index (χ3v) is 3.68. The molecule has 0 aliphatic heterocycles. The van der Waals surface area contributed by atoms with E-state index < -0.39 is 12.0 Å². The molecule has 0 aliphatic rings. The van der Waals surface area contributed by atoms with Gasteiger partial charge < -0.3 is 10.4 Å². The van der Waals surface area contributed by atoms with Crippen molar-refractivity contribution < 1.29 is 14.7 Å². The van der Waals surface area contributed by atoms with Gasteiger partial charge in [0.05, 0.1) is 23.7 Å². The van der Waals surface area contributed by atoms with Crippen molar-refractivity contribution in [3.05, 3.63) is 52.0 Å². The summed E-state index contributed by atoms with van der Waals surface area (Å²) in [4.78, 5) is 28.1. The van der Waals surface area contributed by atoms with E-state index in [9.17, 15) is 9.59 Å². The Balaban J connectivity index is 2.18. The summed E-state index contributed by atoms with van der Waals surface area (Å²) in [5.74, 6) is -1.26. The average molecular weight is 290 g/mol. The number of aliphatic carboxylic acids is 1. The first-order chi connectivity index (χ1) is 9.58.